The monoisotopic (exact) mass is 319 g/mol. The van der Waals surface area contributed by atoms with Gasteiger partial charge in [-0.3, -0.25) is 4.79 Å². The van der Waals surface area contributed by atoms with Crippen LogP contribution in [-0.2, 0) is 11.2 Å². The average Bonchev–Trinajstić information content (AvgIpc) is 2.86. The highest BCUT2D eigenvalue weighted by atomic mass is 32.1. The Labute approximate surface area is 133 Å². The van der Waals surface area contributed by atoms with E-state index in [1.807, 2.05) is 43.5 Å². The molecule has 1 unspecified atom stereocenters. The van der Waals surface area contributed by atoms with Gasteiger partial charge in [-0.2, -0.15) is 0 Å². The van der Waals surface area contributed by atoms with Gasteiger partial charge in [-0.05, 0) is 19.4 Å². The minimum atomic E-state index is -0.0768. The first-order chi connectivity index (χ1) is 9.95. The summed E-state index contributed by atoms with van der Waals surface area (Å²) >= 11 is 6.46. The van der Waals surface area contributed by atoms with Gasteiger partial charge in [0.05, 0.1) is 12.5 Å². The number of carbonyl (C=O) groups excluding carboxylic acids is 1. The molecule has 21 heavy (non-hydrogen) atoms. The van der Waals surface area contributed by atoms with Crippen molar-refractivity contribution in [2.45, 2.75) is 26.3 Å². The Morgan fingerprint density at radius 1 is 1.43 bits per heavy atom. The molecule has 1 amide bonds. The number of thiazole rings is 1. The maximum absolute atomic E-state index is 12.0. The zero-order chi connectivity index (χ0) is 15.4. The molecule has 1 heterocycles. The van der Waals surface area contributed by atoms with Crippen LogP contribution in [0.2, 0.25) is 0 Å². The third kappa shape index (κ3) is 4.34. The van der Waals surface area contributed by atoms with Gasteiger partial charge in [0.15, 0.2) is 0 Å². The lowest BCUT2D eigenvalue weighted by Crippen LogP contribution is -2.28. The van der Waals surface area contributed by atoms with Crippen molar-refractivity contribution in [2.24, 2.45) is 5.73 Å². The van der Waals surface area contributed by atoms with Crippen molar-refractivity contribution in [3.05, 3.63) is 51.5 Å². The molecular formula is C15H17N3OS2. The Morgan fingerprint density at radius 3 is 2.62 bits per heavy atom. The van der Waals surface area contributed by atoms with Gasteiger partial charge in [0, 0.05) is 16.6 Å². The Balaban J connectivity index is 1.93. The number of rotatable bonds is 5. The third-order valence-electron chi connectivity index (χ3n) is 2.99. The van der Waals surface area contributed by atoms with E-state index in [1.165, 1.54) is 0 Å². The molecule has 0 aliphatic carbocycles. The number of thiocarbonyl (C=S) groups is 1. The van der Waals surface area contributed by atoms with E-state index < -0.39 is 0 Å². The van der Waals surface area contributed by atoms with Crippen LogP contribution in [0.5, 0.6) is 0 Å². The van der Waals surface area contributed by atoms with Crippen molar-refractivity contribution >= 4 is 34.5 Å². The molecule has 0 saturated heterocycles. The second-order valence-corrected chi connectivity index (χ2v) is 6.18. The number of aromatic nitrogens is 1. The van der Waals surface area contributed by atoms with Crippen molar-refractivity contribution in [3.8, 4) is 0 Å². The van der Waals surface area contributed by atoms with Gasteiger partial charge in [-0.25, -0.2) is 4.98 Å². The largest absolute Gasteiger partial charge is 0.389 e. The lowest BCUT2D eigenvalue weighted by molar-refractivity contribution is -0.121. The summed E-state index contributed by atoms with van der Waals surface area (Å²) < 4.78 is 0. The van der Waals surface area contributed by atoms with Gasteiger partial charge in [0.25, 0.3) is 0 Å². The van der Waals surface area contributed by atoms with E-state index in [2.05, 4.69) is 10.3 Å². The summed E-state index contributed by atoms with van der Waals surface area (Å²) in [6, 6.07) is 7.32. The summed E-state index contributed by atoms with van der Waals surface area (Å²) in [6.07, 6.45) is 0.326. The van der Waals surface area contributed by atoms with Crippen LogP contribution < -0.4 is 11.1 Å². The second kappa shape index (κ2) is 6.78. The van der Waals surface area contributed by atoms with Crippen molar-refractivity contribution in [3.63, 3.8) is 0 Å². The van der Waals surface area contributed by atoms with E-state index in [-0.39, 0.29) is 11.9 Å². The Bertz CT molecular complexity index is 649. The minimum Gasteiger partial charge on any atom is -0.389 e. The highest BCUT2D eigenvalue weighted by Gasteiger charge is 2.13. The lowest BCUT2D eigenvalue weighted by atomic mass is 10.1. The Hall–Kier alpha value is -1.79. The van der Waals surface area contributed by atoms with E-state index in [1.54, 1.807) is 11.3 Å². The average molecular weight is 319 g/mol. The SMILES string of the molecule is Cc1csc(C(C)NC(=O)Cc2ccc(C(N)=S)cc2)n1. The number of amides is 1. The van der Waals surface area contributed by atoms with E-state index in [0.29, 0.717) is 11.4 Å². The summed E-state index contributed by atoms with van der Waals surface area (Å²) in [5, 5.41) is 5.85. The van der Waals surface area contributed by atoms with Crippen molar-refractivity contribution < 1.29 is 4.79 Å². The van der Waals surface area contributed by atoms with E-state index in [9.17, 15) is 4.79 Å². The van der Waals surface area contributed by atoms with Gasteiger partial charge in [0.2, 0.25) is 5.91 Å². The molecule has 0 fully saturated rings. The maximum Gasteiger partial charge on any atom is 0.224 e. The first kappa shape index (κ1) is 15.6. The number of carbonyl (C=O) groups is 1. The summed E-state index contributed by atoms with van der Waals surface area (Å²) in [7, 11) is 0. The molecule has 0 spiro atoms. The summed E-state index contributed by atoms with van der Waals surface area (Å²) in [5.74, 6) is -0.0292. The summed E-state index contributed by atoms with van der Waals surface area (Å²) in [5.41, 5.74) is 8.25. The molecule has 1 atom stereocenters. The zero-order valence-corrected chi connectivity index (χ0v) is 13.6. The van der Waals surface area contributed by atoms with Gasteiger partial charge in [0.1, 0.15) is 10.00 Å². The van der Waals surface area contributed by atoms with Crippen molar-refractivity contribution in [1.29, 1.82) is 0 Å². The molecule has 110 valence electrons. The third-order valence-corrected chi connectivity index (χ3v) is 4.37. The summed E-state index contributed by atoms with van der Waals surface area (Å²) in [4.78, 5) is 16.8. The van der Waals surface area contributed by atoms with Crippen LogP contribution in [0.1, 0.15) is 34.8 Å². The predicted molar refractivity (Wildman–Crippen MR) is 89.4 cm³/mol. The van der Waals surface area contributed by atoms with E-state index in [4.69, 9.17) is 18.0 Å². The Morgan fingerprint density at radius 2 is 2.10 bits per heavy atom. The standard InChI is InChI=1S/C15H17N3OS2/c1-9-8-21-15(17-9)10(2)18-13(19)7-11-3-5-12(6-4-11)14(16)20/h3-6,8,10H,7H2,1-2H3,(H2,16,20)(H,18,19). The first-order valence-corrected chi connectivity index (χ1v) is 7.84. The molecule has 2 aromatic rings. The number of nitrogens with two attached hydrogens (primary N) is 1. The quantitative estimate of drug-likeness (QED) is 0.831. The highest BCUT2D eigenvalue weighted by Crippen LogP contribution is 2.17. The zero-order valence-electron chi connectivity index (χ0n) is 11.9. The fourth-order valence-electron chi connectivity index (χ4n) is 1.90. The highest BCUT2D eigenvalue weighted by molar-refractivity contribution is 7.80. The molecule has 0 saturated carbocycles. The van der Waals surface area contributed by atoms with Gasteiger partial charge >= 0.3 is 0 Å². The van der Waals surface area contributed by atoms with Crippen LogP contribution in [0.15, 0.2) is 29.6 Å². The van der Waals surface area contributed by atoms with Crippen molar-refractivity contribution in [1.82, 2.24) is 10.3 Å². The van der Waals surface area contributed by atoms with Crippen LogP contribution >= 0.6 is 23.6 Å². The van der Waals surface area contributed by atoms with E-state index in [0.717, 1.165) is 21.8 Å². The first-order valence-electron chi connectivity index (χ1n) is 6.56. The topological polar surface area (TPSA) is 68.0 Å². The predicted octanol–water partition coefficient (Wildman–Crippen LogP) is 2.51. The van der Waals surface area contributed by atoms with Crippen LogP contribution in [0, 0.1) is 6.92 Å². The van der Waals surface area contributed by atoms with Crippen LogP contribution in [0.25, 0.3) is 0 Å². The van der Waals surface area contributed by atoms with Crippen LogP contribution in [-0.4, -0.2) is 15.9 Å². The van der Waals surface area contributed by atoms with Crippen molar-refractivity contribution in [2.75, 3.05) is 0 Å². The molecule has 1 aromatic heterocycles. The number of hydrogen-bond donors (Lipinski definition) is 2. The molecule has 4 nitrogen and oxygen atoms in total. The number of benzene rings is 1. The number of nitrogens with zero attached hydrogens (tertiary/aromatic N) is 1. The van der Waals surface area contributed by atoms with E-state index >= 15 is 0 Å². The summed E-state index contributed by atoms with van der Waals surface area (Å²) in [6.45, 7) is 3.88. The van der Waals surface area contributed by atoms with Gasteiger partial charge < -0.3 is 11.1 Å². The normalized spacial score (nSPS) is 11.9. The molecule has 0 bridgehead atoms. The molecule has 3 N–H and O–H groups in total. The van der Waals surface area contributed by atoms with Gasteiger partial charge in [-0.15, -0.1) is 11.3 Å². The fourth-order valence-corrected chi connectivity index (χ4v) is 2.84. The second-order valence-electron chi connectivity index (χ2n) is 4.85. The molecule has 6 heteroatoms. The van der Waals surface area contributed by atoms with Gasteiger partial charge in [-0.1, -0.05) is 36.5 Å². The molecule has 0 aliphatic rings. The number of nitrogens with one attached hydrogen (secondary N) is 1. The fraction of sp³-hybridized carbons (Fsp3) is 0.267. The molecular weight excluding hydrogens is 302 g/mol. The maximum atomic E-state index is 12.0. The molecule has 0 aliphatic heterocycles. The lowest BCUT2D eigenvalue weighted by Gasteiger charge is -2.11. The Kier molecular flexibility index (Phi) is 5.03. The molecule has 1 aromatic carbocycles. The van der Waals surface area contributed by atoms with Crippen LogP contribution in [0.3, 0.4) is 0 Å². The minimum absolute atomic E-state index is 0.0292. The number of hydrogen-bond acceptors (Lipinski definition) is 4. The molecule has 0 radical (unpaired) electrons. The van der Waals surface area contributed by atoms with Crippen LogP contribution in [0.4, 0.5) is 0 Å². The smallest absolute Gasteiger partial charge is 0.224 e. The number of aryl methyl sites for hydroxylation is 1. The molecule has 2 rings (SSSR count).